The molecule has 0 saturated heterocycles. The van der Waals surface area contributed by atoms with Crippen LogP contribution >= 0.6 is 0 Å². The van der Waals surface area contributed by atoms with Gasteiger partial charge in [-0.05, 0) is 26.2 Å². The standard InChI is InChI=1S/C10H20N2O/c1-3-12(4-2)10(13)11-8-7-9-5-6-9/h9H,3-8H2,1-2H3,(H,11,13). The van der Waals surface area contributed by atoms with Crippen LogP contribution in [0.1, 0.15) is 33.1 Å². The molecule has 0 heterocycles. The maximum atomic E-state index is 11.4. The van der Waals surface area contributed by atoms with Gasteiger partial charge in [0.15, 0.2) is 0 Å². The first-order valence-electron chi connectivity index (χ1n) is 5.30. The molecule has 0 spiro atoms. The Balaban J connectivity index is 2.07. The summed E-state index contributed by atoms with van der Waals surface area (Å²) in [6.45, 7) is 6.45. The SMILES string of the molecule is CCN(CC)C(=O)NCCC1CC1. The number of urea groups is 1. The van der Waals surface area contributed by atoms with Crippen molar-refractivity contribution < 1.29 is 4.79 Å². The molecule has 0 unspecified atom stereocenters. The molecular formula is C10H20N2O. The minimum Gasteiger partial charge on any atom is -0.338 e. The summed E-state index contributed by atoms with van der Waals surface area (Å²) in [6, 6.07) is 0.0886. The second kappa shape index (κ2) is 5.10. The van der Waals surface area contributed by atoms with Crippen LogP contribution in [0.15, 0.2) is 0 Å². The van der Waals surface area contributed by atoms with Crippen molar-refractivity contribution in [2.75, 3.05) is 19.6 Å². The van der Waals surface area contributed by atoms with Gasteiger partial charge in [0.1, 0.15) is 0 Å². The van der Waals surface area contributed by atoms with E-state index in [4.69, 9.17) is 0 Å². The summed E-state index contributed by atoms with van der Waals surface area (Å²) in [6.07, 6.45) is 3.88. The van der Waals surface area contributed by atoms with E-state index in [2.05, 4.69) is 5.32 Å². The lowest BCUT2D eigenvalue weighted by Gasteiger charge is -2.18. The molecular weight excluding hydrogens is 164 g/mol. The maximum absolute atomic E-state index is 11.4. The van der Waals surface area contributed by atoms with E-state index in [0.29, 0.717) is 0 Å². The van der Waals surface area contributed by atoms with Gasteiger partial charge >= 0.3 is 6.03 Å². The second-order valence-electron chi connectivity index (χ2n) is 3.64. The van der Waals surface area contributed by atoms with E-state index in [1.165, 1.54) is 12.8 Å². The first-order valence-corrected chi connectivity index (χ1v) is 5.30. The number of nitrogens with one attached hydrogen (secondary N) is 1. The molecule has 3 heteroatoms. The lowest BCUT2D eigenvalue weighted by Crippen LogP contribution is -2.40. The molecule has 0 aromatic rings. The highest BCUT2D eigenvalue weighted by Gasteiger charge is 2.20. The quantitative estimate of drug-likeness (QED) is 0.694. The van der Waals surface area contributed by atoms with Crippen LogP contribution in [0.25, 0.3) is 0 Å². The van der Waals surface area contributed by atoms with Crippen molar-refractivity contribution >= 4 is 6.03 Å². The Morgan fingerprint density at radius 1 is 1.38 bits per heavy atom. The Bertz CT molecular complexity index is 162. The fourth-order valence-corrected chi connectivity index (χ4v) is 1.41. The van der Waals surface area contributed by atoms with Crippen LogP contribution < -0.4 is 5.32 Å². The third-order valence-corrected chi connectivity index (χ3v) is 2.58. The van der Waals surface area contributed by atoms with Crippen molar-refractivity contribution in [3.05, 3.63) is 0 Å². The van der Waals surface area contributed by atoms with E-state index in [9.17, 15) is 4.79 Å². The Kier molecular flexibility index (Phi) is 4.06. The predicted molar refractivity (Wildman–Crippen MR) is 53.7 cm³/mol. The first kappa shape index (κ1) is 10.4. The van der Waals surface area contributed by atoms with Crippen LogP contribution in [0.3, 0.4) is 0 Å². The zero-order valence-corrected chi connectivity index (χ0v) is 8.68. The van der Waals surface area contributed by atoms with Crippen LogP contribution in [-0.2, 0) is 0 Å². The van der Waals surface area contributed by atoms with Gasteiger partial charge in [-0.3, -0.25) is 0 Å². The Morgan fingerprint density at radius 3 is 2.46 bits per heavy atom. The highest BCUT2D eigenvalue weighted by atomic mass is 16.2. The van der Waals surface area contributed by atoms with Gasteiger partial charge in [0.05, 0.1) is 0 Å². The minimum atomic E-state index is 0.0886. The summed E-state index contributed by atoms with van der Waals surface area (Å²) in [7, 11) is 0. The normalized spacial score (nSPS) is 15.5. The topological polar surface area (TPSA) is 32.3 Å². The lowest BCUT2D eigenvalue weighted by molar-refractivity contribution is 0.203. The molecule has 76 valence electrons. The van der Waals surface area contributed by atoms with Gasteiger partial charge in [-0.15, -0.1) is 0 Å². The van der Waals surface area contributed by atoms with E-state index in [0.717, 1.165) is 32.0 Å². The van der Waals surface area contributed by atoms with Gasteiger partial charge in [0.2, 0.25) is 0 Å². The number of carbonyl (C=O) groups is 1. The molecule has 1 fully saturated rings. The summed E-state index contributed by atoms with van der Waals surface area (Å²) in [5.74, 6) is 0.900. The smallest absolute Gasteiger partial charge is 0.317 e. The van der Waals surface area contributed by atoms with E-state index in [-0.39, 0.29) is 6.03 Å². The molecule has 0 bridgehead atoms. The number of amides is 2. The minimum absolute atomic E-state index is 0.0886. The third-order valence-electron chi connectivity index (χ3n) is 2.58. The van der Waals surface area contributed by atoms with Crippen molar-refractivity contribution in [1.82, 2.24) is 10.2 Å². The Morgan fingerprint density at radius 2 is 2.00 bits per heavy atom. The van der Waals surface area contributed by atoms with Crippen LogP contribution in [0.2, 0.25) is 0 Å². The van der Waals surface area contributed by atoms with E-state index >= 15 is 0 Å². The molecule has 13 heavy (non-hydrogen) atoms. The molecule has 1 rings (SSSR count). The first-order chi connectivity index (χ1) is 6.27. The molecule has 1 N–H and O–H groups in total. The summed E-state index contributed by atoms with van der Waals surface area (Å²) in [5, 5.41) is 2.94. The van der Waals surface area contributed by atoms with Crippen molar-refractivity contribution in [2.45, 2.75) is 33.1 Å². The Hall–Kier alpha value is -0.730. The van der Waals surface area contributed by atoms with Crippen molar-refractivity contribution in [3.63, 3.8) is 0 Å². The summed E-state index contributed by atoms with van der Waals surface area (Å²) in [5.41, 5.74) is 0. The van der Waals surface area contributed by atoms with E-state index < -0.39 is 0 Å². The van der Waals surface area contributed by atoms with E-state index in [1.54, 1.807) is 0 Å². The molecule has 3 nitrogen and oxygen atoms in total. The Labute approximate surface area is 80.5 Å². The van der Waals surface area contributed by atoms with Crippen LogP contribution in [0, 0.1) is 5.92 Å². The second-order valence-corrected chi connectivity index (χ2v) is 3.64. The van der Waals surface area contributed by atoms with Gasteiger partial charge < -0.3 is 10.2 Å². The van der Waals surface area contributed by atoms with Gasteiger partial charge in [0.25, 0.3) is 0 Å². The molecule has 0 aliphatic heterocycles. The number of rotatable bonds is 5. The molecule has 0 aromatic carbocycles. The maximum Gasteiger partial charge on any atom is 0.317 e. The molecule has 1 saturated carbocycles. The predicted octanol–water partition coefficient (Wildman–Crippen LogP) is 1.84. The fourth-order valence-electron chi connectivity index (χ4n) is 1.41. The van der Waals surface area contributed by atoms with Crippen LogP contribution in [0.5, 0.6) is 0 Å². The van der Waals surface area contributed by atoms with Crippen molar-refractivity contribution in [3.8, 4) is 0 Å². The number of hydrogen-bond donors (Lipinski definition) is 1. The zero-order valence-electron chi connectivity index (χ0n) is 8.68. The fraction of sp³-hybridized carbons (Fsp3) is 0.900. The summed E-state index contributed by atoms with van der Waals surface area (Å²) in [4.78, 5) is 13.2. The van der Waals surface area contributed by atoms with Gasteiger partial charge in [-0.25, -0.2) is 4.79 Å². The largest absolute Gasteiger partial charge is 0.338 e. The number of hydrogen-bond acceptors (Lipinski definition) is 1. The average Bonchev–Trinajstić information content (AvgIpc) is 2.90. The highest BCUT2D eigenvalue weighted by Crippen LogP contribution is 2.31. The molecule has 2 amide bonds. The lowest BCUT2D eigenvalue weighted by atomic mass is 10.3. The molecule has 1 aliphatic rings. The van der Waals surface area contributed by atoms with Crippen LogP contribution in [-0.4, -0.2) is 30.6 Å². The molecule has 0 atom stereocenters. The molecule has 0 radical (unpaired) electrons. The summed E-state index contributed by atoms with van der Waals surface area (Å²) < 4.78 is 0. The highest BCUT2D eigenvalue weighted by molar-refractivity contribution is 5.73. The van der Waals surface area contributed by atoms with Crippen molar-refractivity contribution in [1.29, 1.82) is 0 Å². The van der Waals surface area contributed by atoms with E-state index in [1.807, 2.05) is 18.7 Å². The van der Waals surface area contributed by atoms with Gasteiger partial charge in [0, 0.05) is 19.6 Å². The van der Waals surface area contributed by atoms with Crippen LogP contribution in [0.4, 0.5) is 4.79 Å². The molecule has 1 aliphatic carbocycles. The average molecular weight is 184 g/mol. The summed E-state index contributed by atoms with van der Waals surface area (Å²) >= 11 is 0. The monoisotopic (exact) mass is 184 g/mol. The van der Waals surface area contributed by atoms with Gasteiger partial charge in [-0.1, -0.05) is 12.8 Å². The van der Waals surface area contributed by atoms with Crippen molar-refractivity contribution in [2.24, 2.45) is 5.92 Å². The number of nitrogens with zero attached hydrogens (tertiary/aromatic N) is 1. The van der Waals surface area contributed by atoms with Gasteiger partial charge in [-0.2, -0.15) is 0 Å². The zero-order chi connectivity index (χ0) is 9.68. The molecule has 0 aromatic heterocycles. The third kappa shape index (κ3) is 3.66. The number of carbonyl (C=O) groups excluding carboxylic acids is 1.